The highest BCUT2D eigenvalue weighted by atomic mass is 16.5. The first-order chi connectivity index (χ1) is 8.76. The number of methoxy groups -OCH3 is 2. The van der Waals surface area contributed by atoms with E-state index in [0.29, 0.717) is 23.7 Å². The Morgan fingerprint density at radius 1 is 1.22 bits per heavy atom. The van der Waals surface area contributed by atoms with Crippen LogP contribution in [0.25, 0.3) is 0 Å². The molecule has 0 amide bonds. The number of hydrogen-bond acceptors (Lipinski definition) is 5. The van der Waals surface area contributed by atoms with E-state index in [4.69, 9.17) is 14.6 Å². The molecule has 18 heavy (non-hydrogen) atoms. The van der Waals surface area contributed by atoms with E-state index in [1.54, 1.807) is 25.1 Å². The summed E-state index contributed by atoms with van der Waals surface area (Å²) in [5, 5.41) is 16.6. The largest absolute Gasteiger partial charge is 0.493 e. The van der Waals surface area contributed by atoms with Crippen LogP contribution in [0.1, 0.15) is 11.3 Å². The van der Waals surface area contributed by atoms with Gasteiger partial charge in [-0.05, 0) is 17.7 Å². The van der Waals surface area contributed by atoms with Crippen molar-refractivity contribution in [2.75, 3.05) is 14.2 Å². The van der Waals surface area contributed by atoms with E-state index in [9.17, 15) is 0 Å². The van der Waals surface area contributed by atoms with Crippen molar-refractivity contribution in [3.8, 4) is 11.5 Å². The lowest BCUT2D eigenvalue weighted by molar-refractivity contribution is 0.276. The number of rotatable bonds is 5. The predicted octanol–water partition coefficient (Wildman–Crippen LogP) is 0.836. The van der Waals surface area contributed by atoms with Gasteiger partial charge in [-0.3, -0.25) is 0 Å². The summed E-state index contributed by atoms with van der Waals surface area (Å²) in [6, 6.07) is 5.67. The molecule has 96 valence electrons. The van der Waals surface area contributed by atoms with Gasteiger partial charge in [-0.2, -0.15) is 0 Å². The summed E-state index contributed by atoms with van der Waals surface area (Å²) in [6.45, 7) is 0.458. The molecule has 0 aliphatic heterocycles. The van der Waals surface area contributed by atoms with Gasteiger partial charge in [0.2, 0.25) is 0 Å². The molecule has 2 rings (SSSR count). The van der Waals surface area contributed by atoms with Crippen LogP contribution in [0.2, 0.25) is 0 Å². The van der Waals surface area contributed by atoms with Crippen molar-refractivity contribution in [1.29, 1.82) is 0 Å². The molecule has 0 saturated carbocycles. The second-order valence-corrected chi connectivity index (χ2v) is 3.75. The third kappa shape index (κ3) is 2.60. The van der Waals surface area contributed by atoms with Crippen molar-refractivity contribution in [1.82, 2.24) is 15.0 Å². The van der Waals surface area contributed by atoms with Gasteiger partial charge in [-0.15, -0.1) is 5.10 Å². The van der Waals surface area contributed by atoms with Crippen molar-refractivity contribution in [2.24, 2.45) is 0 Å². The Bertz CT molecular complexity index is 525. The van der Waals surface area contributed by atoms with Crippen molar-refractivity contribution >= 4 is 0 Å². The summed E-state index contributed by atoms with van der Waals surface area (Å²) >= 11 is 0. The van der Waals surface area contributed by atoms with Crippen LogP contribution in [-0.4, -0.2) is 34.3 Å². The zero-order valence-electron chi connectivity index (χ0n) is 10.3. The van der Waals surface area contributed by atoms with Crippen molar-refractivity contribution in [3.63, 3.8) is 0 Å². The average molecular weight is 249 g/mol. The second kappa shape index (κ2) is 5.50. The van der Waals surface area contributed by atoms with Gasteiger partial charge in [0.25, 0.3) is 0 Å². The third-order valence-electron chi connectivity index (χ3n) is 2.54. The van der Waals surface area contributed by atoms with Crippen molar-refractivity contribution < 1.29 is 14.6 Å². The maximum atomic E-state index is 8.92. The van der Waals surface area contributed by atoms with Gasteiger partial charge in [-0.1, -0.05) is 11.3 Å². The molecule has 1 aromatic carbocycles. The first kappa shape index (κ1) is 12.4. The predicted molar refractivity (Wildman–Crippen MR) is 64.6 cm³/mol. The van der Waals surface area contributed by atoms with Gasteiger partial charge < -0.3 is 14.6 Å². The van der Waals surface area contributed by atoms with Gasteiger partial charge in [-0.25, -0.2) is 4.68 Å². The summed E-state index contributed by atoms with van der Waals surface area (Å²) in [6.07, 6.45) is 1.71. The summed E-state index contributed by atoms with van der Waals surface area (Å²) < 4.78 is 12.1. The molecule has 0 aliphatic carbocycles. The Hall–Kier alpha value is -2.08. The number of benzene rings is 1. The van der Waals surface area contributed by atoms with Crippen molar-refractivity contribution in [3.05, 3.63) is 35.7 Å². The first-order valence-electron chi connectivity index (χ1n) is 5.47. The minimum Gasteiger partial charge on any atom is -0.493 e. The minimum atomic E-state index is -0.105. The standard InChI is InChI=1S/C12H15N3O3/c1-17-11-4-3-9(5-12(11)18-2)6-15-7-10(8-16)13-14-15/h3-5,7,16H,6,8H2,1-2H3. The second-order valence-electron chi connectivity index (χ2n) is 3.75. The van der Waals surface area contributed by atoms with Crippen LogP contribution in [0.4, 0.5) is 0 Å². The lowest BCUT2D eigenvalue weighted by atomic mass is 10.2. The topological polar surface area (TPSA) is 69.4 Å². The monoisotopic (exact) mass is 249 g/mol. The summed E-state index contributed by atoms with van der Waals surface area (Å²) in [4.78, 5) is 0. The van der Waals surface area contributed by atoms with Crippen LogP contribution in [0.5, 0.6) is 11.5 Å². The van der Waals surface area contributed by atoms with E-state index in [1.165, 1.54) is 0 Å². The van der Waals surface area contributed by atoms with Gasteiger partial charge in [0.1, 0.15) is 5.69 Å². The molecule has 6 heteroatoms. The Balaban J connectivity index is 2.18. The maximum absolute atomic E-state index is 8.92. The Kier molecular flexibility index (Phi) is 3.78. The number of aromatic nitrogens is 3. The molecule has 0 spiro atoms. The minimum absolute atomic E-state index is 0.105. The van der Waals surface area contributed by atoms with Gasteiger partial charge in [0, 0.05) is 0 Å². The van der Waals surface area contributed by atoms with Crippen LogP contribution >= 0.6 is 0 Å². The number of aliphatic hydroxyl groups is 1. The van der Waals surface area contributed by atoms with Crippen LogP contribution in [0, 0.1) is 0 Å². The quantitative estimate of drug-likeness (QED) is 0.850. The molecule has 2 aromatic rings. The molecular weight excluding hydrogens is 234 g/mol. The van der Waals surface area contributed by atoms with E-state index in [1.807, 2.05) is 18.2 Å². The molecule has 0 radical (unpaired) electrons. The molecular formula is C12H15N3O3. The Labute approximate surface area is 105 Å². The molecule has 0 fully saturated rings. The zero-order chi connectivity index (χ0) is 13.0. The zero-order valence-corrected chi connectivity index (χ0v) is 10.3. The molecule has 0 bridgehead atoms. The fourth-order valence-corrected chi connectivity index (χ4v) is 1.65. The third-order valence-corrected chi connectivity index (χ3v) is 2.54. The van der Waals surface area contributed by atoms with Crippen LogP contribution in [0.3, 0.4) is 0 Å². The fourth-order valence-electron chi connectivity index (χ4n) is 1.65. The van der Waals surface area contributed by atoms with Crippen molar-refractivity contribution in [2.45, 2.75) is 13.2 Å². The van der Waals surface area contributed by atoms with E-state index >= 15 is 0 Å². The highest BCUT2D eigenvalue weighted by molar-refractivity contribution is 5.42. The number of nitrogens with zero attached hydrogens (tertiary/aromatic N) is 3. The molecule has 0 unspecified atom stereocenters. The lowest BCUT2D eigenvalue weighted by Gasteiger charge is -2.09. The van der Waals surface area contributed by atoms with Crippen LogP contribution in [-0.2, 0) is 13.2 Å². The molecule has 0 saturated heterocycles. The van der Waals surface area contributed by atoms with Gasteiger partial charge in [0.05, 0.1) is 33.6 Å². The fraction of sp³-hybridized carbons (Fsp3) is 0.333. The molecule has 1 N–H and O–H groups in total. The summed E-state index contributed by atoms with van der Waals surface area (Å²) in [7, 11) is 3.20. The SMILES string of the molecule is COc1ccc(Cn2cc(CO)nn2)cc1OC. The molecule has 0 aliphatic rings. The molecule has 1 aromatic heterocycles. The lowest BCUT2D eigenvalue weighted by Crippen LogP contribution is -2.01. The summed E-state index contributed by atoms with van der Waals surface area (Å²) in [5.74, 6) is 1.37. The van der Waals surface area contributed by atoms with E-state index in [-0.39, 0.29) is 6.61 Å². The van der Waals surface area contributed by atoms with Crippen LogP contribution in [0.15, 0.2) is 24.4 Å². The first-order valence-corrected chi connectivity index (χ1v) is 5.47. The highest BCUT2D eigenvalue weighted by Crippen LogP contribution is 2.27. The van der Waals surface area contributed by atoms with E-state index in [0.717, 1.165) is 5.56 Å². The number of aliphatic hydroxyl groups excluding tert-OH is 1. The molecule has 1 heterocycles. The Morgan fingerprint density at radius 2 is 2.00 bits per heavy atom. The summed E-state index contributed by atoms with van der Waals surface area (Å²) in [5.41, 5.74) is 1.57. The molecule has 6 nitrogen and oxygen atoms in total. The smallest absolute Gasteiger partial charge is 0.161 e. The van der Waals surface area contributed by atoms with Gasteiger partial charge >= 0.3 is 0 Å². The number of ether oxygens (including phenoxy) is 2. The normalized spacial score (nSPS) is 10.4. The Morgan fingerprint density at radius 3 is 2.61 bits per heavy atom. The maximum Gasteiger partial charge on any atom is 0.161 e. The van der Waals surface area contributed by atoms with E-state index < -0.39 is 0 Å². The highest BCUT2D eigenvalue weighted by Gasteiger charge is 2.06. The van der Waals surface area contributed by atoms with Crippen LogP contribution < -0.4 is 9.47 Å². The average Bonchev–Trinajstić information content (AvgIpc) is 2.86. The van der Waals surface area contributed by atoms with E-state index in [2.05, 4.69) is 10.3 Å². The molecule has 0 atom stereocenters. The number of hydrogen-bond donors (Lipinski definition) is 1. The van der Waals surface area contributed by atoms with Gasteiger partial charge in [0.15, 0.2) is 11.5 Å².